The molecule has 4 aromatic rings. The van der Waals surface area contributed by atoms with Crippen molar-refractivity contribution in [3.63, 3.8) is 0 Å². The quantitative estimate of drug-likeness (QED) is 0.370. The van der Waals surface area contributed by atoms with Gasteiger partial charge in [-0.1, -0.05) is 85.3 Å². The van der Waals surface area contributed by atoms with E-state index in [1.54, 1.807) is 0 Å². The maximum absolute atomic E-state index is 15.1. The summed E-state index contributed by atoms with van der Waals surface area (Å²) in [6.45, 7) is 4.19. The number of halogens is 1. The Morgan fingerprint density at radius 1 is 0.692 bits per heavy atom. The average molecular weight is 340 g/mol. The fourth-order valence-corrected chi connectivity index (χ4v) is 3.36. The van der Waals surface area contributed by atoms with Gasteiger partial charge in [0, 0.05) is 10.9 Å². The normalized spacial score (nSPS) is 11.0. The van der Waals surface area contributed by atoms with Gasteiger partial charge in [0.2, 0.25) is 0 Å². The van der Waals surface area contributed by atoms with E-state index in [1.165, 1.54) is 11.1 Å². The molecule has 0 saturated heterocycles. The van der Waals surface area contributed by atoms with Crippen molar-refractivity contribution in [1.82, 2.24) is 0 Å². The van der Waals surface area contributed by atoms with Crippen molar-refractivity contribution in [2.75, 3.05) is 0 Å². The molecule has 0 N–H and O–H groups in total. The molecule has 0 aromatic heterocycles. The number of aryl methyl sites for hydroxylation is 2. The van der Waals surface area contributed by atoms with Crippen LogP contribution in [0.25, 0.3) is 33.0 Å². The summed E-state index contributed by atoms with van der Waals surface area (Å²) in [5.74, 6) is -0.153. The van der Waals surface area contributed by atoms with Crippen LogP contribution in [-0.2, 0) is 6.42 Å². The van der Waals surface area contributed by atoms with Crippen molar-refractivity contribution < 1.29 is 4.39 Å². The Balaban J connectivity index is 1.78. The zero-order valence-electron chi connectivity index (χ0n) is 15.1. The highest BCUT2D eigenvalue weighted by Gasteiger charge is 2.10. The van der Waals surface area contributed by atoms with Crippen LogP contribution in [0.15, 0.2) is 78.9 Å². The number of hydrogen-bond acceptors (Lipinski definition) is 0. The zero-order valence-corrected chi connectivity index (χ0v) is 15.1. The summed E-state index contributed by atoms with van der Waals surface area (Å²) in [5, 5.41) is 1.59. The minimum Gasteiger partial charge on any atom is -0.206 e. The summed E-state index contributed by atoms with van der Waals surface area (Å²) < 4.78 is 15.1. The van der Waals surface area contributed by atoms with E-state index in [1.807, 2.05) is 55.5 Å². The van der Waals surface area contributed by atoms with Crippen molar-refractivity contribution in [2.45, 2.75) is 20.3 Å². The van der Waals surface area contributed by atoms with Gasteiger partial charge >= 0.3 is 0 Å². The summed E-state index contributed by atoms with van der Waals surface area (Å²) >= 11 is 0. The standard InChI is InChI=1S/C25H21F/c1-3-18-6-10-19(11-7-18)21-12-14-24-22(16-21)13-15-23(25(24)26)20-8-4-17(2)5-9-20/h4-16H,3H2,1-2H3. The molecule has 0 aliphatic carbocycles. The second-order valence-electron chi connectivity index (χ2n) is 6.78. The Hall–Kier alpha value is -2.93. The molecule has 0 bridgehead atoms. The van der Waals surface area contributed by atoms with Crippen LogP contribution in [0, 0.1) is 12.7 Å². The first-order valence-corrected chi connectivity index (χ1v) is 9.04. The molecule has 0 saturated carbocycles. The van der Waals surface area contributed by atoms with Gasteiger partial charge in [0.1, 0.15) is 5.82 Å². The Kier molecular flexibility index (Phi) is 4.30. The first-order chi connectivity index (χ1) is 12.7. The number of rotatable bonds is 3. The molecule has 4 rings (SSSR count). The van der Waals surface area contributed by atoms with Crippen LogP contribution in [-0.4, -0.2) is 0 Å². The zero-order chi connectivity index (χ0) is 18.1. The monoisotopic (exact) mass is 340 g/mol. The smallest absolute Gasteiger partial charge is 0.138 e. The molecule has 0 radical (unpaired) electrons. The maximum Gasteiger partial charge on any atom is 0.138 e. The van der Waals surface area contributed by atoms with Gasteiger partial charge in [-0.3, -0.25) is 0 Å². The summed E-state index contributed by atoms with van der Waals surface area (Å²) in [6, 6.07) is 26.4. The lowest BCUT2D eigenvalue weighted by Crippen LogP contribution is -1.88. The van der Waals surface area contributed by atoms with Crippen molar-refractivity contribution >= 4 is 10.8 Å². The molecule has 0 fully saturated rings. The second kappa shape index (κ2) is 6.76. The molecule has 4 aromatic carbocycles. The predicted molar refractivity (Wildman–Crippen MR) is 109 cm³/mol. The van der Waals surface area contributed by atoms with E-state index < -0.39 is 0 Å². The first-order valence-electron chi connectivity index (χ1n) is 9.04. The minimum atomic E-state index is -0.153. The van der Waals surface area contributed by atoms with Gasteiger partial charge in [0.05, 0.1) is 0 Å². The van der Waals surface area contributed by atoms with E-state index in [0.29, 0.717) is 10.9 Å². The largest absolute Gasteiger partial charge is 0.206 e. The van der Waals surface area contributed by atoms with E-state index >= 15 is 4.39 Å². The first kappa shape index (κ1) is 16.5. The summed E-state index contributed by atoms with van der Waals surface area (Å²) in [6.07, 6.45) is 1.03. The lowest BCUT2D eigenvalue weighted by Gasteiger charge is -2.10. The SMILES string of the molecule is CCc1ccc(-c2ccc3c(F)c(-c4ccc(C)cc4)ccc3c2)cc1. The Labute approximate surface area is 153 Å². The van der Waals surface area contributed by atoms with Crippen LogP contribution >= 0.6 is 0 Å². The maximum atomic E-state index is 15.1. The Morgan fingerprint density at radius 2 is 1.35 bits per heavy atom. The van der Waals surface area contributed by atoms with Gasteiger partial charge in [-0.2, -0.15) is 0 Å². The van der Waals surface area contributed by atoms with E-state index in [4.69, 9.17) is 0 Å². The van der Waals surface area contributed by atoms with Crippen LogP contribution in [0.5, 0.6) is 0 Å². The third kappa shape index (κ3) is 3.01. The van der Waals surface area contributed by atoms with E-state index in [2.05, 4.69) is 37.3 Å². The molecular weight excluding hydrogens is 319 g/mol. The molecule has 26 heavy (non-hydrogen) atoms. The fraction of sp³-hybridized carbons (Fsp3) is 0.120. The predicted octanol–water partition coefficient (Wildman–Crippen LogP) is 7.18. The molecule has 1 heteroatoms. The van der Waals surface area contributed by atoms with Crippen molar-refractivity contribution in [3.8, 4) is 22.3 Å². The van der Waals surface area contributed by atoms with Crippen LogP contribution < -0.4 is 0 Å². The van der Waals surface area contributed by atoms with Gasteiger partial charge in [0.15, 0.2) is 0 Å². The Morgan fingerprint density at radius 3 is 2.04 bits per heavy atom. The second-order valence-corrected chi connectivity index (χ2v) is 6.78. The van der Waals surface area contributed by atoms with Crippen molar-refractivity contribution in [1.29, 1.82) is 0 Å². The lowest BCUT2D eigenvalue weighted by molar-refractivity contribution is 0.643. The number of fused-ring (bicyclic) bond motifs is 1. The average Bonchev–Trinajstić information content (AvgIpc) is 2.69. The summed E-state index contributed by atoms with van der Waals surface area (Å²) in [4.78, 5) is 0. The summed E-state index contributed by atoms with van der Waals surface area (Å²) in [7, 11) is 0. The lowest BCUT2D eigenvalue weighted by atomic mass is 9.96. The molecule has 0 nitrogen and oxygen atoms in total. The minimum absolute atomic E-state index is 0.153. The highest BCUT2D eigenvalue weighted by Crippen LogP contribution is 2.32. The molecule has 0 amide bonds. The molecule has 0 aliphatic rings. The fourth-order valence-electron chi connectivity index (χ4n) is 3.36. The molecule has 0 unspecified atom stereocenters. The molecule has 0 heterocycles. The molecule has 128 valence electrons. The van der Waals surface area contributed by atoms with E-state index in [9.17, 15) is 0 Å². The van der Waals surface area contributed by atoms with E-state index in [-0.39, 0.29) is 5.82 Å². The molecule has 0 aliphatic heterocycles. The Bertz CT molecular complexity index is 1060. The third-order valence-corrected chi connectivity index (χ3v) is 5.01. The van der Waals surface area contributed by atoms with Crippen LogP contribution in [0.3, 0.4) is 0 Å². The van der Waals surface area contributed by atoms with Crippen LogP contribution in [0.2, 0.25) is 0 Å². The third-order valence-electron chi connectivity index (χ3n) is 5.01. The van der Waals surface area contributed by atoms with Gasteiger partial charge in [-0.05, 0) is 47.1 Å². The highest BCUT2D eigenvalue weighted by molar-refractivity contribution is 5.91. The number of benzene rings is 4. The van der Waals surface area contributed by atoms with E-state index in [0.717, 1.165) is 28.5 Å². The van der Waals surface area contributed by atoms with Gasteiger partial charge in [-0.25, -0.2) is 4.39 Å². The van der Waals surface area contributed by atoms with Gasteiger partial charge < -0.3 is 0 Å². The molecular formula is C25H21F. The van der Waals surface area contributed by atoms with Gasteiger partial charge in [-0.15, -0.1) is 0 Å². The van der Waals surface area contributed by atoms with Crippen molar-refractivity contribution in [3.05, 3.63) is 95.8 Å². The molecule has 0 atom stereocenters. The number of hydrogen-bond donors (Lipinski definition) is 0. The molecule has 0 spiro atoms. The highest BCUT2D eigenvalue weighted by atomic mass is 19.1. The van der Waals surface area contributed by atoms with Crippen LogP contribution in [0.4, 0.5) is 4.39 Å². The van der Waals surface area contributed by atoms with Gasteiger partial charge in [0.25, 0.3) is 0 Å². The van der Waals surface area contributed by atoms with Crippen molar-refractivity contribution in [2.24, 2.45) is 0 Å². The topological polar surface area (TPSA) is 0 Å². The van der Waals surface area contributed by atoms with Crippen LogP contribution in [0.1, 0.15) is 18.1 Å². The summed E-state index contributed by atoms with van der Waals surface area (Å²) in [5.41, 5.74) is 6.33.